The maximum absolute atomic E-state index is 11.9. The third kappa shape index (κ3) is 6.87. The summed E-state index contributed by atoms with van der Waals surface area (Å²) in [6.45, 7) is 12.6. The molecule has 1 saturated carbocycles. The summed E-state index contributed by atoms with van der Waals surface area (Å²) in [6, 6.07) is 18.6. The average molecular weight is 557 g/mol. The smallest absolute Gasteiger partial charge is 0.407 e. The largest absolute Gasteiger partial charge is 0.487 e. The van der Waals surface area contributed by atoms with E-state index in [1.54, 1.807) is 6.20 Å². The van der Waals surface area contributed by atoms with Crippen LogP contribution in [0.2, 0.25) is 0 Å². The van der Waals surface area contributed by atoms with Gasteiger partial charge in [-0.3, -0.25) is 4.79 Å². The number of benzene rings is 2. The predicted octanol–water partition coefficient (Wildman–Crippen LogP) is 5.62. The fourth-order valence-corrected chi connectivity index (χ4v) is 5.53. The van der Waals surface area contributed by atoms with Gasteiger partial charge in [0.2, 0.25) is 5.95 Å². The van der Waals surface area contributed by atoms with Gasteiger partial charge in [0.05, 0.1) is 5.69 Å². The summed E-state index contributed by atoms with van der Waals surface area (Å²) < 4.78 is 11.3. The standard InChI is InChI=1S/C33H40N4O4/c1-31(2,3)41-30(39)35-16-14-23-6-8-24(9-7-23)32(4,5)25-10-12-28(13-11-25)40-20-26-15-17-34-29(36-26)37-21-33(22-37)18-27(38)19-33/h6-13,15,17H,14,16,18-22H2,1-5H3,(H,35,39). The van der Waals surface area contributed by atoms with E-state index in [-0.39, 0.29) is 10.8 Å². The lowest BCUT2D eigenvalue weighted by molar-refractivity contribution is -0.134. The molecule has 0 atom stereocenters. The van der Waals surface area contributed by atoms with Crippen LogP contribution in [-0.4, -0.2) is 47.1 Å². The Morgan fingerprint density at radius 2 is 1.59 bits per heavy atom. The van der Waals surface area contributed by atoms with Gasteiger partial charge in [-0.25, -0.2) is 14.8 Å². The molecule has 3 aromatic rings. The Morgan fingerprint density at radius 1 is 0.951 bits per heavy atom. The normalized spacial score (nSPS) is 16.1. The van der Waals surface area contributed by atoms with Crippen LogP contribution in [0.5, 0.6) is 5.75 Å². The molecule has 0 unspecified atom stereocenters. The highest BCUT2D eigenvalue weighted by molar-refractivity contribution is 5.87. The van der Waals surface area contributed by atoms with Crippen molar-refractivity contribution in [1.82, 2.24) is 15.3 Å². The lowest BCUT2D eigenvalue weighted by Gasteiger charge is -2.54. The highest BCUT2D eigenvalue weighted by Gasteiger charge is 2.52. The van der Waals surface area contributed by atoms with Gasteiger partial charge < -0.3 is 19.7 Å². The van der Waals surface area contributed by atoms with Gasteiger partial charge in [-0.15, -0.1) is 0 Å². The summed E-state index contributed by atoms with van der Waals surface area (Å²) in [5, 5.41) is 2.81. The van der Waals surface area contributed by atoms with E-state index in [9.17, 15) is 9.59 Å². The number of hydrogen-bond acceptors (Lipinski definition) is 7. The molecule has 41 heavy (non-hydrogen) atoms. The Bertz CT molecular complexity index is 1380. The topological polar surface area (TPSA) is 93.7 Å². The van der Waals surface area contributed by atoms with E-state index in [1.165, 1.54) is 11.1 Å². The van der Waals surface area contributed by atoms with E-state index >= 15 is 0 Å². The maximum atomic E-state index is 11.9. The number of nitrogens with zero attached hydrogens (tertiary/aromatic N) is 3. The molecular formula is C33H40N4O4. The Kier molecular flexibility index (Phi) is 7.77. The minimum atomic E-state index is -0.500. The summed E-state index contributed by atoms with van der Waals surface area (Å²) in [4.78, 5) is 34.5. The maximum Gasteiger partial charge on any atom is 0.407 e. The quantitative estimate of drug-likeness (QED) is 0.366. The second-order valence-corrected chi connectivity index (χ2v) is 12.9. The van der Waals surface area contributed by atoms with Crippen molar-refractivity contribution in [3.8, 4) is 5.75 Å². The molecule has 1 aromatic heterocycles. The zero-order chi connectivity index (χ0) is 29.3. The molecule has 1 saturated heterocycles. The Labute approximate surface area is 242 Å². The van der Waals surface area contributed by atoms with Gasteiger partial charge in [-0.2, -0.15) is 0 Å². The number of carbonyl (C=O) groups is 2. The van der Waals surface area contributed by atoms with Crippen molar-refractivity contribution in [3.05, 3.63) is 83.2 Å². The Morgan fingerprint density at radius 3 is 2.20 bits per heavy atom. The van der Waals surface area contributed by atoms with E-state index in [4.69, 9.17) is 9.47 Å². The van der Waals surface area contributed by atoms with Gasteiger partial charge in [0, 0.05) is 49.5 Å². The van der Waals surface area contributed by atoms with E-state index < -0.39 is 11.7 Å². The van der Waals surface area contributed by atoms with Crippen molar-refractivity contribution in [1.29, 1.82) is 0 Å². The van der Waals surface area contributed by atoms with Crippen LogP contribution < -0.4 is 15.0 Å². The number of amides is 1. The van der Waals surface area contributed by atoms with Crippen molar-refractivity contribution in [3.63, 3.8) is 0 Å². The molecule has 1 spiro atoms. The summed E-state index contributed by atoms with van der Waals surface area (Å²) >= 11 is 0. The van der Waals surface area contributed by atoms with Crippen LogP contribution in [0.4, 0.5) is 10.7 Å². The van der Waals surface area contributed by atoms with Crippen molar-refractivity contribution in [2.75, 3.05) is 24.5 Å². The SMILES string of the molecule is CC(C)(C)OC(=O)NCCc1ccc(C(C)(C)c2ccc(OCc3ccnc(N4CC5(CC(=O)C5)C4)n3)cc2)cc1. The molecule has 2 heterocycles. The molecule has 5 rings (SSSR count). The lowest BCUT2D eigenvalue weighted by atomic mass is 9.63. The zero-order valence-electron chi connectivity index (χ0n) is 24.7. The molecule has 2 aliphatic rings. The van der Waals surface area contributed by atoms with Gasteiger partial charge in [0.15, 0.2) is 0 Å². The lowest BCUT2D eigenvalue weighted by Crippen LogP contribution is -2.63. The van der Waals surface area contributed by atoms with E-state index in [1.807, 2.05) is 39.0 Å². The number of hydrogen-bond donors (Lipinski definition) is 1. The van der Waals surface area contributed by atoms with E-state index in [2.05, 4.69) is 70.4 Å². The highest BCUT2D eigenvalue weighted by atomic mass is 16.6. The minimum absolute atomic E-state index is 0.172. The fraction of sp³-hybridized carbons (Fsp3) is 0.455. The molecule has 8 heteroatoms. The third-order valence-corrected chi connectivity index (χ3v) is 7.90. The van der Waals surface area contributed by atoms with Crippen molar-refractivity contribution in [2.45, 2.75) is 71.5 Å². The minimum Gasteiger partial charge on any atom is -0.487 e. The fourth-order valence-electron chi connectivity index (χ4n) is 5.53. The summed E-state index contributed by atoms with van der Waals surface area (Å²) in [7, 11) is 0. The predicted molar refractivity (Wildman–Crippen MR) is 158 cm³/mol. The van der Waals surface area contributed by atoms with Gasteiger partial charge in [0.25, 0.3) is 0 Å². The monoisotopic (exact) mass is 556 g/mol. The van der Waals surface area contributed by atoms with Gasteiger partial charge >= 0.3 is 6.09 Å². The first-order valence-corrected chi connectivity index (χ1v) is 14.3. The van der Waals surface area contributed by atoms with Crippen LogP contribution >= 0.6 is 0 Å². The van der Waals surface area contributed by atoms with Crippen molar-refractivity contribution in [2.24, 2.45) is 5.41 Å². The van der Waals surface area contributed by atoms with Crippen molar-refractivity contribution < 1.29 is 19.1 Å². The summed E-state index contributed by atoms with van der Waals surface area (Å²) in [6.07, 6.45) is 3.50. The number of ether oxygens (including phenoxy) is 2. The molecule has 0 bridgehead atoms. The molecule has 0 radical (unpaired) electrons. The second kappa shape index (κ2) is 11.1. The van der Waals surface area contributed by atoms with Crippen LogP contribution in [0.3, 0.4) is 0 Å². The first-order valence-electron chi connectivity index (χ1n) is 14.3. The number of rotatable bonds is 9. The average Bonchev–Trinajstić information content (AvgIpc) is 2.88. The molecular weight excluding hydrogens is 516 g/mol. The Hall–Kier alpha value is -3.94. The summed E-state index contributed by atoms with van der Waals surface area (Å²) in [5.41, 5.74) is 3.87. The van der Waals surface area contributed by atoms with Gasteiger partial charge in [-0.1, -0.05) is 50.2 Å². The molecule has 1 aliphatic heterocycles. The molecule has 216 valence electrons. The van der Waals surface area contributed by atoms with Crippen molar-refractivity contribution >= 4 is 17.8 Å². The number of alkyl carbamates (subject to hydrolysis) is 1. The molecule has 2 fully saturated rings. The van der Waals surface area contributed by atoms with Crippen LogP contribution in [-0.2, 0) is 28.0 Å². The number of anilines is 1. The molecule has 1 N–H and O–H groups in total. The summed E-state index contributed by atoms with van der Waals surface area (Å²) in [5.74, 6) is 1.86. The van der Waals surface area contributed by atoms with Crippen LogP contribution in [0.1, 0.15) is 69.8 Å². The zero-order valence-corrected chi connectivity index (χ0v) is 24.7. The Balaban J connectivity index is 1.12. The molecule has 1 amide bonds. The molecule has 1 aliphatic carbocycles. The number of nitrogens with one attached hydrogen (secondary N) is 1. The van der Waals surface area contributed by atoms with E-state index in [0.29, 0.717) is 37.7 Å². The third-order valence-electron chi connectivity index (χ3n) is 7.90. The first kappa shape index (κ1) is 28.6. The first-order chi connectivity index (χ1) is 19.4. The van der Waals surface area contributed by atoms with Crippen LogP contribution in [0.25, 0.3) is 0 Å². The number of carbonyl (C=O) groups excluding carboxylic acids is 2. The van der Waals surface area contributed by atoms with Crippen LogP contribution in [0, 0.1) is 5.41 Å². The molecule has 2 aromatic carbocycles. The number of ketones is 1. The molecule has 8 nitrogen and oxygen atoms in total. The van der Waals surface area contributed by atoms with Crippen LogP contribution in [0.15, 0.2) is 60.8 Å². The highest BCUT2D eigenvalue weighted by Crippen LogP contribution is 2.46. The van der Waals surface area contributed by atoms with Gasteiger partial charge in [0.1, 0.15) is 23.7 Å². The number of Topliss-reactive ketones (excluding diaryl/α,β-unsaturated/α-hetero) is 1. The van der Waals surface area contributed by atoms with E-state index in [0.717, 1.165) is 36.5 Å². The number of aromatic nitrogens is 2. The van der Waals surface area contributed by atoms with Gasteiger partial charge in [-0.05, 0) is 62.1 Å². The second-order valence-electron chi connectivity index (χ2n) is 12.9.